The lowest BCUT2D eigenvalue weighted by Crippen LogP contribution is -2.57. The van der Waals surface area contributed by atoms with Crippen LogP contribution in [0, 0.1) is 5.41 Å². The molecule has 11 heteroatoms. The molecule has 2 atom stereocenters. The third-order valence-corrected chi connectivity index (χ3v) is 6.82. The summed E-state index contributed by atoms with van der Waals surface area (Å²) in [6, 6.07) is 13.6. The highest BCUT2D eigenvalue weighted by molar-refractivity contribution is 7.46. The van der Waals surface area contributed by atoms with E-state index in [0.717, 1.165) is 18.5 Å². The van der Waals surface area contributed by atoms with Gasteiger partial charge in [-0.2, -0.15) is 0 Å². The van der Waals surface area contributed by atoms with Gasteiger partial charge in [-0.05, 0) is 67.0 Å². The van der Waals surface area contributed by atoms with Crippen LogP contribution >= 0.6 is 7.82 Å². The number of nitrogens with zero attached hydrogens (tertiary/aromatic N) is 1. The largest absolute Gasteiger partial charge is 0.524 e. The zero-order chi connectivity index (χ0) is 28.8. The molecule has 0 aliphatic carbocycles. The Hall–Kier alpha value is -3.46. The Kier molecular flexibility index (Phi) is 9.72. The average molecular weight is 558 g/mol. The van der Waals surface area contributed by atoms with Crippen molar-refractivity contribution in [3.8, 4) is 5.75 Å². The van der Waals surface area contributed by atoms with Gasteiger partial charge in [-0.15, -0.1) is 0 Å². The van der Waals surface area contributed by atoms with Gasteiger partial charge in [-0.25, -0.2) is 4.57 Å². The molecule has 0 bridgehead atoms. The molecule has 0 spiro atoms. The number of carbonyl (C=O) groups excluding carboxylic acids is 3. The van der Waals surface area contributed by atoms with E-state index in [-0.39, 0.29) is 11.7 Å². The van der Waals surface area contributed by atoms with Crippen molar-refractivity contribution in [3.05, 3.63) is 66.2 Å². The Bertz CT molecular complexity index is 1250. The topological polar surface area (TPSA) is 145 Å². The van der Waals surface area contributed by atoms with E-state index in [1.54, 1.807) is 24.0 Å². The molecular formula is C28H36N3O7P. The lowest BCUT2D eigenvalue weighted by atomic mass is 9.85. The second kappa shape index (κ2) is 12.6. The first kappa shape index (κ1) is 30.1. The van der Waals surface area contributed by atoms with Crippen LogP contribution in [-0.2, 0) is 18.9 Å². The first-order valence-corrected chi connectivity index (χ1v) is 14.3. The third kappa shape index (κ3) is 8.78. The van der Waals surface area contributed by atoms with Crippen LogP contribution in [0.2, 0.25) is 0 Å². The number of phosphoric acid groups is 1. The summed E-state index contributed by atoms with van der Waals surface area (Å²) in [4.78, 5) is 59.2. The van der Waals surface area contributed by atoms with Crippen LogP contribution in [0.25, 0.3) is 5.57 Å². The second-order valence-electron chi connectivity index (χ2n) is 10.6. The van der Waals surface area contributed by atoms with Crippen molar-refractivity contribution < 1.29 is 33.3 Å². The molecule has 210 valence electrons. The molecule has 1 aliphatic rings. The number of anilines is 1. The molecule has 3 amide bonds. The van der Waals surface area contributed by atoms with Crippen LogP contribution in [0.4, 0.5) is 5.69 Å². The molecule has 2 aromatic carbocycles. The number of phosphoric ester groups is 1. The number of rotatable bonds is 8. The number of nitrogens with one attached hydrogen (secondary N) is 2. The first-order chi connectivity index (χ1) is 18.2. The molecule has 1 unspecified atom stereocenters. The molecule has 39 heavy (non-hydrogen) atoms. The molecule has 0 aromatic heterocycles. The summed E-state index contributed by atoms with van der Waals surface area (Å²) < 4.78 is 15.5. The number of para-hydroxylation sites is 1. The summed E-state index contributed by atoms with van der Waals surface area (Å²) in [6.07, 6.45) is 3.47. The van der Waals surface area contributed by atoms with Crippen LogP contribution in [0.15, 0.2) is 60.7 Å². The average Bonchev–Trinajstić information content (AvgIpc) is 3.03. The Morgan fingerprint density at radius 1 is 1.08 bits per heavy atom. The highest BCUT2D eigenvalue weighted by atomic mass is 31.2. The van der Waals surface area contributed by atoms with Crippen LogP contribution in [0.5, 0.6) is 5.75 Å². The van der Waals surface area contributed by atoms with Crippen molar-refractivity contribution in [2.45, 2.75) is 59.0 Å². The van der Waals surface area contributed by atoms with Gasteiger partial charge in [0.2, 0.25) is 17.7 Å². The number of carbonyl (C=O) groups is 3. The number of allylic oxidation sites excluding steroid dienone is 1. The smallest absolute Gasteiger partial charge is 0.404 e. The molecule has 1 fully saturated rings. The standard InChI is InChI=1S/C28H36N3O7P/c1-19(20-13-15-22(16-14-20)38-39(35,36)37)18-24(32)30-25(28(2,3)4)26(33)29-23-12-8-9-17-31(27(23)34)21-10-6-5-7-11-21/h5-7,10-11,13-16,18,23,25H,8-9,12,17H2,1-4H3,(H,29,33)(H,30,32)(H2,35,36,37)/b19-18+/t23?,25-/m1/s1. The monoisotopic (exact) mass is 557 g/mol. The first-order valence-electron chi connectivity index (χ1n) is 12.8. The SMILES string of the molecule is C/C(=C\C(=O)N[C@H](C(=O)NC1CCCCN(c2ccccc2)C1=O)C(C)(C)C)c1ccc(OP(=O)(O)O)cc1. The molecule has 1 saturated heterocycles. The van der Waals surface area contributed by atoms with E-state index in [9.17, 15) is 18.9 Å². The Labute approximate surface area is 228 Å². The van der Waals surface area contributed by atoms with E-state index in [0.29, 0.717) is 24.1 Å². The van der Waals surface area contributed by atoms with E-state index in [1.165, 1.54) is 18.2 Å². The van der Waals surface area contributed by atoms with Crippen molar-refractivity contribution >= 4 is 36.8 Å². The number of amides is 3. The number of benzene rings is 2. The zero-order valence-corrected chi connectivity index (χ0v) is 23.5. The highest BCUT2D eigenvalue weighted by Gasteiger charge is 2.36. The van der Waals surface area contributed by atoms with Gasteiger partial charge in [0.05, 0.1) is 0 Å². The van der Waals surface area contributed by atoms with Gasteiger partial charge in [-0.3, -0.25) is 24.2 Å². The predicted molar refractivity (Wildman–Crippen MR) is 149 cm³/mol. The fraction of sp³-hybridized carbons (Fsp3) is 0.393. The highest BCUT2D eigenvalue weighted by Crippen LogP contribution is 2.37. The summed E-state index contributed by atoms with van der Waals surface area (Å²) in [5.74, 6) is -1.11. The molecule has 4 N–H and O–H groups in total. The van der Waals surface area contributed by atoms with Gasteiger partial charge in [-0.1, -0.05) is 51.1 Å². The number of hydrogen-bond acceptors (Lipinski definition) is 5. The second-order valence-corrected chi connectivity index (χ2v) is 11.8. The molecule has 1 heterocycles. The molecule has 0 saturated carbocycles. The lowest BCUT2D eigenvalue weighted by Gasteiger charge is -2.32. The van der Waals surface area contributed by atoms with Crippen LogP contribution in [0.3, 0.4) is 0 Å². The summed E-state index contributed by atoms with van der Waals surface area (Å²) in [7, 11) is -4.67. The fourth-order valence-electron chi connectivity index (χ4n) is 4.35. The number of hydrogen-bond donors (Lipinski definition) is 4. The maximum absolute atomic E-state index is 13.4. The molecule has 10 nitrogen and oxygen atoms in total. The summed E-state index contributed by atoms with van der Waals surface area (Å²) >= 11 is 0. The van der Waals surface area contributed by atoms with Crippen molar-refractivity contribution in [1.29, 1.82) is 0 Å². The van der Waals surface area contributed by atoms with E-state index < -0.39 is 37.1 Å². The van der Waals surface area contributed by atoms with Crippen molar-refractivity contribution in [2.24, 2.45) is 5.41 Å². The van der Waals surface area contributed by atoms with E-state index in [1.807, 2.05) is 51.1 Å². The molecular weight excluding hydrogens is 521 g/mol. The summed E-state index contributed by atoms with van der Waals surface area (Å²) in [6.45, 7) is 7.77. The van der Waals surface area contributed by atoms with Crippen LogP contribution < -0.4 is 20.1 Å². The Morgan fingerprint density at radius 3 is 2.31 bits per heavy atom. The van der Waals surface area contributed by atoms with Gasteiger partial charge >= 0.3 is 7.82 Å². The summed E-state index contributed by atoms with van der Waals surface area (Å²) in [5.41, 5.74) is 1.34. The van der Waals surface area contributed by atoms with Gasteiger partial charge in [0.25, 0.3) is 0 Å². The van der Waals surface area contributed by atoms with E-state index >= 15 is 0 Å². The minimum atomic E-state index is -4.67. The summed E-state index contributed by atoms with van der Waals surface area (Å²) in [5, 5.41) is 5.67. The van der Waals surface area contributed by atoms with E-state index in [4.69, 9.17) is 9.79 Å². The minimum absolute atomic E-state index is 0.00677. The van der Waals surface area contributed by atoms with Crippen molar-refractivity contribution in [2.75, 3.05) is 11.4 Å². The molecule has 3 rings (SSSR count). The van der Waals surface area contributed by atoms with Gasteiger partial charge in [0.1, 0.15) is 17.8 Å². The normalized spacial score (nSPS) is 17.7. The lowest BCUT2D eigenvalue weighted by molar-refractivity contribution is -0.132. The maximum atomic E-state index is 13.4. The van der Waals surface area contributed by atoms with E-state index in [2.05, 4.69) is 15.2 Å². The third-order valence-electron chi connectivity index (χ3n) is 6.37. The van der Waals surface area contributed by atoms with Crippen LogP contribution in [-0.4, -0.2) is 46.1 Å². The minimum Gasteiger partial charge on any atom is -0.404 e. The Morgan fingerprint density at radius 2 is 1.72 bits per heavy atom. The van der Waals surface area contributed by atoms with Crippen molar-refractivity contribution in [1.82, 2.24) is 10.6 Å². The Balaban J connectivity index is 1.71. The molecule has 1 aliphatic heterocycles. The van der Waals surface area contributed by atoms with Gasteiger partial charge in [0, 0.05) is 18.3 Å². The van der Waals surface area contributed by atoms with Gasteiger partial charge < -0.3 is 20.1 Å². The maximum Gasteiger partial charge on any atom is 0.524 e. The molecule has 0 radical (unpaired) electrons. The zero-order valence-electron chi connectivity index (χ0n) is 22.6. The fourth-order valence-corrected chi connectivity index (χ4v) is 4.74. The molecule has 2 aromatic rings. The predicted octanol–water partition coefficient (Wildman–Crippen LogP) is 3.79. The van der Waals surface area contributed by atoms with Crippen molar-refractivity contribution in [3.63, 3.8) is 0 Å². The van der Waals surface area contributed by atoms with Crippen LogP contribution in [0.1, 0.15) is 52.5 Å². The quantitative estimate of drug-likeness (QED) is 0.285. The van der Waals surface area contributed by atoms with Gasteiger partial charge in [0.15, 0.2) is 0 Å².